The van der Waals surface area contributed by atoms with Gasteiger partial charge in [-0.2, -0.15) is 0 Å². The van der Waals surface area contributed by atoms with Crippen LogP contribution in [0.4, 0.5) is 22.7 Å². The Morgan fingerprint density at radius 1 is 0.569 bits per heavy atom. The molecule has 1 aromatic heterocycles. The van der Waals surface area contributed by atoms with E-state index in [0.717, 1.165) is 51.8 Å². The molecule has 7 aromatic rings. The second kappa shape index (κ2) is 11.1. The molecule has 0 fully saturated rings. The van der Waals surface area contributed by atoms with Gasteiger partial charge in [0, 0.05) is 45.1 Å². The summed E-state index contributed by atoms with van der Waals surface area (Å²) < 4.78 is 6.20. The Balaban J connectivity index is 0.981. The van der Waals surface area contributed by atoms with E-state index in [0.29, 0.717) is 12.0 Å². The third kappa shape index (κ3) is 4.38. The molecule has 4 aliphatic rings. The zero-order valence-corrected chi connectivity index (χ0v) is 28.0. The number of furan rings is 1. The summed E-state index contributed by atoms with van der Waals surface area (Å²) in [6.45, 7) is 0. The number of fused-ring (bicyclic) bond motifs is 9. The van der Waals surface area contributed by atoms with Crippen molar-refractivity contribution in [3.63, 3.8) is 0 Å². The SMILES string of the molecule is C1=CCC2C(=C1)C1=C3C(CC=C1)c1cc(-c4ccc(N(c5ccc(-c6ccccc6)cc5)c5ccc6oc7ccccc7c6c5)cc4)ccc1N32. The molecule has 6 aromatic carbocycles. The fourth-order valence-electron chi connectivity index (χ4n) is 8.89. The van der Waals surface area contributed by atoms with Crippen molar-refractivity contribution in [1.82, 2.24) is 0 Å². The normalized spacial score (nSPS) is 18.3. The molecule has 51 heavy (non-hydrogen) atoms. The average Bonchev–Trinajstić information content (AvgIpc) is 3.86. The highest BCUT2D eigenvalue weighted by Gasteiger charge is 2.46. The molecule has 2 aliphatic heterocycles. The van der Waals surface area contributed by atoms with Gasteiger partial charge in [0.1, 0.15) is 11.2 Å². The fraction of sp³-hybridized carbons (Fsp3) is 0.0833. The summed E-state index contributed by atoms with van der Waals surface area (Å²) in [7, 11) is 0. The summed E-state index contributed by atoms with van der Waals surface area (Å²) in [5.74, 6) is 0.425. The van der Waals surface area contributed by atoms with Crippen molar-refractivity contribution in [3.8, 4) is 22.3 Å². The smallest absolute Gasteiger partial charge is 0.135 e. The number of allylic oxidation sites excluding steroid dienone is 5. The lowest BCUT2D eigenvalue weighted by molar-refractivity contribution is 0.669. The molecule has 0 spiro atoms. The summed E-state index contributed by atoms with van der Waals surface area (Å²) in [5, 5.41) is 2.25. The Hall–Kier alpha value is -6.32. The second-order valence-corrected chi connectivity index (χ2v) is 14.0. The Morgan fingerprint density at radius 3 is 2.08 bits per heavy atom. The standard InChI is InChI=1S/C48H34N2O/c1-2-9-31(10-3-1)32-17-22-35(23-18-32)49(37-26-28-47-43(30-37)39-12-5-7-16-46(39)51-47)36-24-19-33(20-25-36)34-21-27-45-42(29-34)41-14-8-13-40-38-11-4-6-15-44(38)50(45)48(40)41/h1-13,16-30,41,44H,14-15H2. The lowest BCUT2D eigenvalue weighted by Gasteiger charge is -2.27. The minimum Gasteiger partial charge on any atom is -0.456 e. The molecule has 0 radical (unpaired) electrons. The third-order valence-electron chi connectivity index (χ3n) is 11.2. The highest BCUT2D eigenvalue weighted by atomic mass is 16.3. The Labute approximate surface area is 297 Å². The van der Waals surface area contributed by atoms with Crippen molar-refractivity contribution in [2.45, 2.75) is 24.8 Å². The summed E-state index contributed by atoms with van der Waals surface area (Å²) in [6.07, 6.45) is 13.7. The quantitative estimate of drug-likeness (QED) is 0.184. The van der Waals surface area contributed by atoms with Crippen molar-refractivity contribution in [1.29, 1.82) is 0 Å². The highest BCUT2D eigenvalue weighted by molar-refractivity contribution is 6.06. The monoisotopic (exact) mass is 654 g/mol. The molecule has 0 saturated heterocycles. The van der Waals surface area contributed by atoms with Crippen molar-refractivity contribution >= 4 is 44.7 Å². The molecule has 3 heteroatoms. The molecule has 0 amide bonds. The van der Waals surface area contributed by atoms with Crippen molar-refractivity contribution in [3.05, 3.63) is 192 Å². The minimum atomic E-state index is 0.420. The number of hydrogen-bond donors (Lipinski definition) is 0. The van der Waals surface area contributed by atoms with E-state index < -0.39 is 0 Å². The van der Waals surface area contributed by atoms with Crippen LogP contribution in [0, 0.1) is 0 Å². The zero-order valence-electron chi connectivity index (χ0n) is 28.0. The van der Waals surface area contributed by atoms with Crippen LogP contribution in [0.2, 0.25) is 0 Å². The topological polar surface area (TPSA) is 19.6 Å². The van der Waals surface area contributed by atoms with E-state index in [1.165, 1.54) is 50.3 Å². The molecule has 3 heterocycles. The lowest BCUT2D eigenvalue weighted by Crippen LogP contribution is -2.29. The van der Waals surface area contributed by atoms with Crippen LogP contribution in [0.3, 0.4) is 0 Å². The molecular formula is C48H34N2O. The van der Waals surface area contributed by atoms with Gasteiger partial charge in [0.05, 0.1) is 6.04 Å². The third-order valence-corrected chi connectivity index (χ3v) is 11.2. The Morgan fingerprint density at radius 2 is 1.25 bits per heavy atom. The van der Waals surface area contributed by atoms with Gasteiger partial charge in [-0.1, -0.05) is 109 Å². The predicted molar refractivity (Wildman–Crippen MR) is 211 cm³/mol. The first-order chi connectivity index (χ1) is 25.3. The van der Waals surface area contributed by atoms with Crippen LogP contribution in [0.15, 0.2) is 191 Å². The van der Waals surface area contributed by atoms with Crippen LogP contribution in [0.5, 0.6) is 0 Å². The van der Waals surface area contributed by atoms with E-state index in [2.05, 4.69) is 168 Å². The van der Waals surface area contributed by atoms with E-state index in [4.69, 9.17) is 4.42 Å². The first-order valence-corrected chi connectivity index (χ1v) is 18.0. The molecular weight excluding hydrogens is 621 g/mol. The van der Waals surface area contributed by atoms with Gasteiger partial charge < -0.3 is 14.2 Å². The van der Waals surface area contributed by atoms with Crippen molar-refractivity contribution in [2.75, 3.05) is 9.80 Å². The average molecular weight is 655 g/mol. The molecule has 2 atom stereocenters. The van der Waals surface area contributed by atoms with Gasteiger partial charge in [-0.05, 0) is 112 Å². The lowest BCUT2D eigenvalue weighted by atomic mass is 9.84. The number of nitrogens with zero attached hydrogens (tertiary/aromatic N) is 2. The number of anilines is 4. The van der Waals surface area contributed by atoms with Gasteiger partial charge in [-0.15, -0.1) is 0 Å². The minimum absolute atomic E-state index is 0.420. The van der Waals surface area contributed by atoms with Gasteiger partial charge in [0.25, 0.3) is 0 Å². The second-order valence-electron chi connectivity index (χ2n) is 14.0. The largest absolute Gasteiger partial charge is 0.456 e. The van der Waals surface area contributed by atoms with Gasteiger partial charge in [-0.25, -0.2) is 0 Å². The summed E-state index contributed by atoms with van der Waals surface area (Å²) in [5.41, 5.74) is 17.3. The van der Waals surface area contributed by atoms with Crippen LogP contribution in [-0.2, 0) is 0 Å². The Bertz CT molecular complexity index is 2640. The van der Waals surface area contributed by atoms with E-state index in [9.17, 15) is 0 Å². The molecule has 0 saturated carbocycles. The van der Waals surface area contributed by atoms with Crippen LogP contribution >= 0.6 is 0 Å². The van der Waals surface area contributed by atoms with Crippen LogP contribution < -0.4 is 9.80 Å². The summed E-state index contributed by atoms with van der Waals surface area (Å²) >= 11 is 0. The number of rotatable bonds is 5. The molecule has 242 valence electrons. The predicted octanol–water partition coefficient (Wildman–Crippen LogP) is 12.8. The van der Waals surface area contributed by atoms with E-state index in [1.807, 2.05) is 12.1 Å². The summed E-state index contributed by atoms with van der Waals surface area (Å²) in [4.78, 5) is 4.99. The fourth-order valence-corrected chi connectivity index (χ4v) is 8.89. The maximum Gasteiger partial charge on any atom is 0.135 e. The van der Waals surface area contributed by atoms with E-state index in [1.54, 1.807) is 0 Å². The zero-order chi connectivity index (χ0) is 33.5. The molecule has 3 nitrogen and oxygen atoms in total. The molecule has 2 unspecified atom stereocenters. The number of para-hydroxylation sites is 1. The van der Waals surface area contributed by atoms with Crippen LogP contribution in [-0.4, -0.2) is 6.04 Å². The molecule has 0 N–H and O–H groups in total. The first-order valence-electron chi connectivity index (χ1n) is 18.0. The molecule has 0 bridgehead atoms. The van der Waals surface area contributed by atoms with Gasteiger partial charge in [0.2, 0.25) is 0 Å². The van der Waals surface area contributed by atoms with Crippen LogP contribution in [0.25, 0.3) is 44.2 Å². The van der Waals surface area contributed by atoms with Crippen LogP contribution in [0.1, 0.15) is 24.3 Å². The Kier molecular flexibility index (Phi) is 6.20. The highest BCUT2D eigenvalue weighted by Crippen LogP contribution is 2.57. The molecule has 11 rings (SSSR count). The maximum atomic E-state index is 6.20. The summed E-state index contributed by atoms with van der Waals surface area (Å²) in [6, 6.07) is 50.9. The molecule has 2 aliphatic carbocycles. The van der Waals surface area contributed by atoms with Crippen molar-refractivity contribution in [2.24, 2.45) is 0 Å². The van der Waals surface area contributed by atoms with Gasteiger partial charge >= 0.3 is 0 Å². The maximum absolute atomic E-state index is 6.20. The first kappa shape index (κ1) is 28.5. The van der Waals surface area contributed by atoms with E-state index in [-0.39, 0.29) is 0 Å². The van der Waals surface area contributed by atoms with Crippen molar-refractivity contribution < 1.29 is 4.42 Å². The van der Waals surface area contributed by atoms with Gasteiger partial charge in [-0.3, -0.25) is 0 Å². The van der Waals surface area contributed by atoms with E-state index >= 15 is 0 Å². The van der Waals surface area contributed by atoms with Gasteiger partial charge in [0.15, 0.2) is 0 Å². The number of benzene rings is 6. The number of hydrogen-bond acceptors (Lipinski definition) is 3.